The van der Waals surface area contributed by atoms with Gasteiger partial charge in [-0.1, -0.05) is 15.9 Å². The molecule has 1 fully saturated rings. The van der Waals surface area contributed by atoms with Crippen LogP contribution in [0.3, 0.4) is 0 Å². The number of rotatable bonds is 2. The van der Waals surface area contributed by atoms with Gasteiger partial charge in [0.05, 0.1) is 5.69 Å². The number of pyridine rings is 1. The second kappa shape index (κ2) is 5.89. The molecule has 1 aromatic carbocycles. The molecule has 4 nitrogen and oxygen atoms in total. The van der Waals surface area contributed by atoms with Gasteiger partial charge in [-0.3, -0.25) is 0 Å². The summed E-state index contributed by atoms with van der Waals surface area (Å²) in [4.78, 5) is 9.41. The second-order valence-electron chi connectivity index (χ2n) is 5.95. The summed E-state index contributed by atoms with van der Waals surface area (Å²) in [6.45, 7) is 4.14. The molecule has 0 radical (unpaired) electrons. The molecule has 1 aliphatic rings. The first-order chi connectivity index (χ1) is 11.2. The van der Waals surface area contributed by atoms with Crippen LogP contribution in [0.25, 0.3) is 11.0 Å². The Labute approximate surface area is 144 Å². The average molecular weight is 371 g/mol. The summed E-state index contributed by atoms with van der Waals surface area (Å²) >= 11 is 3.50. The lowest BCUT2D eigenvalue weighted by Gasteiger charge is -2.37. The minimum absolute atomic E-state index is 1.03. The molecule has 0 saturated carbocycles. The standard InChI is InChI=1S/C18H19BrN4/c1-21-13-17(16-3-2-8-20-18(16)21)23-11-9-22(10-12-23)15-6-4-14(19)5-7-15/h2-8,13H,9-12H2,1H3. The lowest BCUT2D eigenvalue weighted by molar-refractivity contribution is 0.654. The van der Waals surface area contributed by atoms with Gasteiger partial charge in [0.25, 0.3) is 0 Å². The van der Waals surface area contributed by atoms with Gasteiger partial charge in [-0.25, -0.2) is 4.98 Å². The molecular formula is C18H19BrN4. The number of nitrogens with zero attached hydrogens (tertiary/aromatic N) is 4. The van der Waals surface area contributed by atoms with Crippen molar-refractivity contribution in [1.82, 2.24) is 9.55 Å². The Morgan fingerprint density at radius 3 is 2.39 bits per heavy atom. The number of fused-ring (bicyclic) bond motifs is 1. The number of hydrogen-bond acceptors (Lipinski definition) is 3. The molecule has 0 spiro atoms. The largest absolute Gasteiger partial charge is 0.368 e. The van der Waals surface area contributed by atoms with Gasteiger partial charge in [0.1, 0.15) is 5.65 Å². The van der Waals surface area contributed by atoms with Gasteiger partial charge >= 0.3 is 0 Å². The maximum Gasteiger partial charge on any atom is 0.141 e. The molecule has 0 unspecified atom stereocenters. The van der Waals surface area contributed by atoms with Crippen LogP contribution >= 0.6 is 15.9 Å². The van der Waals surface area contributed by atoms with Gasteiger partial charge in [0.2, 0.25) is 0 Å². The monoisotopic (exact) mass is 370 g/mol. The van der Waals surface area contributed by atoms with Crippen molar-refractivity contribution in [2.75, 3.05) is 36.0 Å². The van der Waals surface area contributed by atoms with Crippen molar-refractivity contribution in [3.05, 3.63) is 53.3 Å². The summed E-state index contributed by atoms with van der Waals surface area (Å²) in [5.41, 5.74) is 3.65. The Kier molecular flexibility index (Phi) is 3.73. The van der Waals surface area contributed by atoms with E-state index in [1.165, 1.54) is 16.8 Å². The number of benzene rings is 1. The smallest absolute Gasteiger partial charge is 0.141 e. The maximum absolute atomic E-state index is 4.49. The SMILES string of the molecule is Cn1cc(N2CCN(c3ccc(Br)cc3)CC2)c2cccnc21. The van der Waals surface area contributed by atoms with E-state index < -0.39 is 0 Å². The molecule has 3 aromatic rings. The lowest BCUT2D eigenvalue weighted by Crippen LogP contribution is -2.46. The Morgan fingerprint density at radius 1 is 0.957 bits per heavy atom. The van der Waals surface area contributed by atoms with Crippen LogP contribution in [0.5, 0.6) is 0 Å². The van der Waals surface area contributed by atoms with Crippen LogP contribution in [0.1, 0.15) is 0 Å². The molecule has 3 heterocycles. The highest BCUT2D eigenvalue weighted by Gasteiger charge is 2.20. The van der Waals surface area contributed by atoms with Crippen molar-refractivity contribution in [3.63, 3.8) is 0 Å². The number of halogens is 1. The number of aryl methyl sites for hydroxylation is 1. The molecule has 2 aromatic heterocycles. The highest BCUT2D eigenvalue weighted by atomic mass is 79.9. The number of anilines is 2. The van der Waals surface area contributed by atoms with E-state index in [0.717, 1.165) is 36.3 Å². The van der Waals surface area contributed by atoms with Crippen LogP contribution < -0.4 is 9.80 Å². The van der Waals surface area contributed by atoms with Crippen LogP contribution in [-0.2, 0) is 7.05 Å². The summed E-state index contributed by atoms with van der Waals surface area (Å²) in [6, 6.07) is 12.8. The molecule has 0 aliphatic carbocycles. The fraction of sp³-hybridized carbons (Fsp3) is 0.278. The van der Waals surface area contributed by atoms with Crippen molar-refractivity contribution in [1.29, 1.82) is 0 Å². The van der Waals surface area contributed by atoms with E-state index in [2.05, 4.69) is 78.9 Å². The van der Waals surface area contributed by atoms with E-state index in [0.29, 0.717) is 0 Å². The van der Waals surface area contributed by atoms with Crippen molar-refractivity contribution in [3.8, 4) is 0 Å². The average Bonchev–Trinajstić information content (AvgIpc) is 2.93. The maximum atomic E-state index is 4.49. The topological polar surface area (TPSA) is 24.3 Å². The third-order valence-corrected chi connectivity index (χ3v) is 5.05. The molecule has 0 amide bonds. The van der Waals surface area contributed by atoms with E-state index in [4.69, 9.17) is 0 Å². The number of piperazine rings is 1. The van der Waals surface area contributed by atoms with Gasteiger partial charge in [0.15, 0.2) is 0 Å². The van der Waals surface area contributed by atoms with Crippen molar-refractivity contribution in [2.45, 2.75) is 0 Å². The third kappa shape index (κ3) is 2.70. The van der Waals surface area contributed by atoms with Gasteiger partial charge in [-0.15, -0.1) is 0 Å². The van der Waals surface area contributed by atoms with Crippen LogP contribution in [0.15, 0.2) is 53.3 Å². The summed E-state index contributed by atoms with van der Waals surface area (Å²) < 4.78 is 3.24. The fourth-order valence-electron chi connectivity index (χ4n) is 3.30. The normalized spacial score (nSPS) is 15.4. The fourth-order valence-corrected chi connectivity index (χ4v) is 3.57. The molecule has 4 rings (SSSR count). The van der Waals surface area contributed by atoms with Gasteiger partial charge in [-0.2, -0.15) is 0 Å². The summed E-state index contributed by atoms with van der Waals surface area (Å²) in [5, 5.41) is 1.24. The molecule has 0 N–H and O–H groups in total. The van der Waals surface area contributed by atoms with Crippen LogP contribution in [0, 0.1) is 0 Å². The quantitative estimate of drug-likeness (QED) is 0.687. The zero-order valence-electron chi connectivity index (χ0n) is 13.1. The Balaban J connectivity index is 1.54. The van der Waals surface area contributed by atoms with Crippen molar-refractivity contribution in [2.24, 2.45) is 7.05 Å². The van der Waals surface area contributed by atoms with Gasteiger partial charge in [-0.05, 0) is 36.4 Å². The lowest BCUT2D eigenvalue weighted by atomic mass is 10.2. The van der Waals surface area contributed by atoms with Crippen LogP contribution in [-0.4, -0.2) is 35.7 Å². The van der Waals surface area contributed by atoms with Gasteiger partial charge in [0, 0.05) is 61.2 Å². The van der Waals surface area contributed by atoms with Crippen molar-refractivity contribution >= 4 is 38.3 Å². The molecule has 0 bridgehead atoms. The molecule has 0 atom stereocenters. The molecular weight excluding hydrogens is 352 g/mol. The first-order valence-corrected chi connectivity index (χ1v) is 8.67. The van der Waals surface area contributed by atoms with Crippen molar-refractivity contribution < 1.29 is 0 Å². The Morgan fingerprint density at radius 2 is 1.65 bits per heavy atom. The second-order valence-corrected chi connectivity index (χ2v) is 6.87. The highest BCUT2D eigenvalue weighted by molar-refractivity contribution is 9.10. The summed E-state index contributed by atoms with van der Waals surface area (Å²) in [5.74, 6) is 0. The van der Waals surface area contributed by atoms with Crippen LogP contribution in [0.2, 0.25) is 0 Å². The number of hydrogen-bond donors (Lipinski definition) is 0. The minimum Gasteiger partial charge on any atom is -0.368 e. The van der Waals surface area contributed by atoms with E-state index in [-0.39, 0.29) is 0 Å². The first kappa shape index (κ1) is 14.6. The highest BCUT2D eigenvalue weighted by Crippen LogP contribution is 2.29. The third-order valence-electron chi connectivity index (χ3n) is 4.52. The number of aromatic nitrogens is 2. The van der Waals surface area contributed by atoms with Crippen LogP contribution in [0.4, 0.5) is 11.4 Å². The molecule has 1 saturated heterocycles. The Hall–Kier alpha value is -2.01. The predicted molar refractivity (Wildman–Crippen MR) is 99.3 cm³/mol. The Bertz CT molecular complexity index is 817. The summed E-state index contributed by atoms with van der Waals surface area (Å²) in [6.07, 6.45) is 4.06. The van der Waals surface area contributed by atoms with Gasteiger partial charge < -0.3 is 14.4 Å². The first-order valence-electron chi connectivity index (χ1n) is 7.88. The minimum atomic E-state index is 1.03. The predicted octanol–water partition coefficient (Wildman–Crippen LogP) is 3.66. The molecule has 1 aliphatic heterocycles. The van der Waals surface area contributed by atoms with E-state index in [1.54, 1.807) is 0 Å². The van der Waals surface area contributed by atoms with E-state index >= 15 is 0 Å². The zero-order chi connectivity index (χ0) is 15.8. The molecule has 5 heteroatoms. The molecule has 118 valence electrons. The zero-order valence-corrected chi connectivity index (χ0v) is 14.7. The van der Waals surface area contributed by atoms with E-state index in [1.807, 2.05) is 12.3 Å². The van der Waals surface area contributed by atoms with E-state index in [9.17, 15) is 0 Å². The molecule has 23 heavy (non-hydrogen) atoms. The summed E-state index contributed by atoms with van der Waals surface area (Å²) in [7, 11) is 2.07.